The molecule has 0 aromatic heterocycles. The zero-order valence-corrected chi connectivity index (χ0v) is 8.88. The Balaban J connectivity index is 2.29. The first-order chi connectivity index (χ1) is 7.59. The van der Waals surface area contributed by atoms with E-state index in [1.807, 2.05) is 0 Å². The molecule has 0 radical (unpaired) electrons. The molecule has 0 unspecified atom stereocenters. The summed E-state index contributed by atoms with van der Waals surface area (Å²) in [4.78, 5) is 25.9. The maximum Gasteiger partial charge on any atom is 0.316 e. The van der Waals surface area contributed by atoms with Gasteiger partial charge in [0.2, 0.25) is 0 Å². The highest BCUT2D eigenvalue weighted by atomic mass is 16.3. The maximum absolute atomic E-state index is 11.7. The summed E-state index contributed by atoms with van der Waals surface area (Å²) in [5, 5.41) is 9.31. The molecule has 2 amide bonds. The van der Waals surface area contributed by atoms with E-state index in [9.17, 15) is 14.7 Å². The van der Waals surface area contributed by atoms with E-state index in [1.54, 1.807) is 19.2 Å². The summed E-state index contributed by atoms with van der Waals surface area (Å²) in [6.45, 7) is 0.949. The molecule has 0 aliphatic carbocycles. The number of phenols is 1. The van der Waals surface area contributed by atoms with E-state index in [1.165, 1.54) is 21.9 Å². The van der Waals surface area contributed by atoms with Gasteiger partial charge in [-0.15, -0.1) is 0 Å². The first kappa shape index (κ1) is 10.5. The van der Waals surface area contributed by atoms with Crippen LogP contribution in [0.1, 0.15) is 0 Å². The van der Waals surface area contributed by atoms with Crippen molar-refractivity contribution in [1.82, 2.24) is 4.90 Å². The molecule has 5 heteroatoms. The number of hydrogen-bond acceptors (Lipinski definition) is 3. The van der Waals surface area contributed by atoms with Gasteiger partial charge in [-0.1, -0.05) is 6.07 Å². The van der Waals surface area contributed by atoms with Gasteiger partial charge in [0.05, 0.1) is 0 Å². The van der Waals surface area contributed by atoms with Crippen molar-refractivity contribution in [1.29, 1.82) is 0 Å². The third kappa shape index (κ3) is 1.71. The molecule has 84 valence electrons. The predicted octanol–water partition coefficient (Wildman–Crippen LogP) is 0.197. The molecule has 1 saturated heterocycles. The smallest absolute Gasteiger partial charge is 0.316 e. The summed E-state index contributed by atoms with van der Waals surface area (Å²) < 4.78 is 0. The van der Waals surface area contributed by atoms with Crippen LogP contribution in [-0.2, 0) is 9.59 Å². The molecule has 1 aromatic carbocycles. The number of anilines is 1. The van der Waals surface area contributed by atoms with Crippen LogP contribution in [0.2, 0.25) is 0 Å². The van der Waals surface area contributed by atoms with Crippen LogP contribution in [0.4, 0.5) is 5.69 Å². The third-order valence-electron chi connectivity index (χ3n) is 2.58. The second-order valence-corrected chi connectivity index (χ2v) is 3.70. The predicted molar refractivity (Wildman–Crippen MR) is 58.1 cm³/mol. The lowest BCUT2D eigenvalue weighted by atomic mass is 10.2. The number of amides is 2. The average molecular weight is 220 g/mol. The highest BCUT2D eigenvalue weighted by Gasteiger charge is 2.31. The van der Waals surface area contributed by atoms with Crippen LogP contribution in [0.25, 0.3) is 0 Å². The van der Waals surface area contributed by atoms with Crippen LogP contribution in [0.15, 0.2) is 24.3 Å². The molecule has 5 nitrogen and oxygen atoms in total. The van der Waals surface area contributed by atoms with Crippen molar-refractivity contribution in [2.24, 2.45) is 0 Å². The Kier molecular flexibility index (Phi) is 2.52. The van der Waals surface area contributed by atoms with Gasteiger partial charge >= 0.3 is 11.8 Å². The van der Waals surface area contributed by atoms with Gasteiger partial charge in [0.25, 0.3) is 0 Å². The summed E-state index contributed by atoms with van der Waals surface area (Å²) >= 11 is 0. The largest absolute Gasteiger partial charge is 0.508 e. The second-order valence-electron chi connectivity index (χ2n) is 3.70. The fourth-order valence-corrected chi connectivity index (χ4v) is 1.64. The van der Waals surface area contributed by atoms with Crippen molar-refractivity contribution in [3.8, 4) is 5.75 Å². The van der Waals surface area contributed by atoms with Crippen LogP contribution in [0, 0.1) is 0 Å². The molecular formula is C11H12N2O3. The zero-order valence-electron chi connectivity index (χ0n) is 8.88. The Hall–Kier alpha value is -2.04. The zero-order chi connectivity index (χ0) is 11.7. The van der Waals surface area contributed by atoms with Crippen LogP contribution in [0.3, 0.4) is 0 Å². The van der Waals surface area contributed by atoms with E-state index in [-0.39, 0.29) is 5.75 Å². The molecular weight excluding hydrogens is 208 g/mol. The van der Waals surface area contributed by atoms with E-state index in [2.05, 4.69) is 0 Å². The van der Waals surface area contributed by atoms with Crippen molar-refractivity contribution in [2.45, 2.75) is 0 Å². The Morgan fingerprint density at radius 2 is 1.94 bits per heavy atom. The fourth-order valence-electron chi connectivity index (χ4n) is 1.64. The SMILES string of the molecule is CN1CCN(c2cccc(O)c2)C(=O)C1=O. The number of carbonyl (C=O) groups is 2. The molecule has 0 atom stereocenters. The van der Waals surface area contributed by atoms with Crippen molar-refractivity contribution in [3.05, 3.63) is 24.3 Å². The minimum absolute atomic E-state index is 0.0803. The Morgan fingerprint density at radius 3 is 2.62 bits per heavy atom. The number of benzene rings is 1. The first-order valence-electron chi connectivity index (χ1n) is 4.95. The lowest BCUT2D eigenvalue weighted by Crippen LogP contribution is -2.52. The maximum atomic E-state index is 11.7. The highest BCUT2D eigenvalue weighted by Crippen LogP contribution is 2.21. The van der Waals surface area contributed by atoms with Crippen molar-refractivity contribution in [2.75, 3.05) is 25.0 Å². The second kappa shape index (κ2) is 3.84. The Morgan fingerprint density at radius 1 is 1.19 bits per heavy atom. The Bertz CT molecular complexity index is 445. The van der Waals surface area contributed by atoms with Crippen LogP contribution in [-0.4, -0.2) is 42.0 Å². The molecule has 1 aliphatic heterocycles. The van der Waals surface area contributed by atoms with Gasteiger partial charge in [0, 0.05) is 31.9 Å². The number of aromatic hydroxyl groups is 1. The monoisotopic (exact) mass is 220 g/mol. The van der Waals surface area contributed by atoms with Crippen molar-refractivity contribution >= 4 is 17.5 Å². The average Bonchev–Trinajstić information content (AvgIpc) is 2.26. The minimum Gasteiger partial charge on any atom is -0.508 e. The molecule has 0 bridgehead atoms. The fraction of sp³-hybridized carbons (Fsp3) is 0.273. The lowest BCUT2D eigenvalue weighted by Gasteiger charge is -2.31. The van der Waals surface area contributed by atoms with E-state index in [0.29, 0.717) is 18.8 Å². The van der Waals surface area contributed by atoms with Crippen molar-refractivity contribution < 1.29 is 14.7 Å². The quantitative estimate of drug-likeness (QED) is 0.687. The summed E-state index contributed by atoms with van der Waals surface area (Å²) in [5.74, 6) is -0.995. The number of piperazine rings is 1. The van der Waals surface area contributed by atoms with Gasteiger partial charge in [0.1, 0.15) is 5.75 Å². The summed E-state index contributed by atoms with van der Waals surface area (Å²) in [5.41, 5.74) is 0.548. The van der Waals surface area contributed by atoms with E-state index >= 15 is 0 Å². The molecule has 16 heavy (non-hydrogen) atoms. The first-order valence-corrected chi connectivity index (χ1v) is 4.95. The summed E-state index contributed by atoms with van der Waals surface area (Å²) in [7, 11) is 1.60. The van der Waals surface area contributed by atoms with E-state index in [4.69, 9.17) is 0 Å². The van der Waals surface area contributed by atoms with Crippen LogP contribution in [0.5, 0.6) is 5.75 Å². The number of phenolic OH excluding ortho intramolecular Hbond substituents is 1. The van der Waals surface area contributed by atoms with Crippen LogP contribution >= 0.6 is 0 Å². The number of nitrogens with zero attached hydrogens (tertiary/aromatic N) is 2. The number of carbonyl (C=O) groups excluding carboxylic acids is 2. The number of hydrogen-bond donors (Lipinski definition) is 1. The van der Waals surface area contributed by atoms with Gasteiger partial charge in [-0.25, -0.2) is 0 Å². The normalized spacial score (nSPS) is 16.8. The molecule has 1 aromatic rings. The molecule has 1 N–H and O–H groups in total. The standard InChI is InChI=1S/C11H12N2O3/c1-12-5-6-13(11(16)10(12)15)8-3-2-4-9(14)7-8/h2-4,7,14H,5-6H2,1H3. The molecule has 0 spiro atoms. The molecule has 0 saturated carbocycles. The molecule has 1 heterocycles. The van der Waals surface area contributed by atoms with Crippen molar-refractivity contribution in [3.63, 3.8) is 0 Å². The number of rotatable bonds is 1. The van der Waals surface area contributed by atoms with Gasteiger partial charge in [0.15, 0.2) is 0 Å². The van der Waals surface area contributed by atoms with Gasteiger partial charge in [-0.2, -0.15) is 0 Å². The molecule has 1 aliphatic rings. The van der Waals surface area contributed by atoms with Gasteiger partial charge in [-0.05, 0) is 12.1 Å². The van der Waals surface area contributed by atoms with Gasteiger partial charge in [-0.3, -0.25) is 9.59 Å². The number of likely N-dealkylation sites (N-methyl/N-ethyl adjacent to an activating group) is 1. The highest BCUT2D eigenvalue weighted by molar-refractivity contribution is 6.40. The minimum atomic E-state index is -0.556. The topological polar surface area (TPSA) is 60.9 Å². The van der Waals surface area contributed by atoms with Gasteiger partial charge < -0.3 is 14.9 Å². The summed E-state index contributed by atoms with van der Waals surface area (Å²) in [6, 6.07) is 6.32. The van der Waals surface area contributed by atoms with Crippen LogP contribution < -0.4 is 4.90 Å². The Labute approximate surface area is 92.9 Å². The van der Waals surface area contributed by atoms with E-state index < -0.39 is 11.8 Å². The molecule has 2 rings (SSSR count). The lowest BCUT2D eigenvalue weighted by molar-refractivity contribution is -0.145. The van der Waals surface area contributed by atoms with E-state index in [0.717, 1.165) is 0 Å². The molecule has 1 fully saturated rings. The third-order valence-corrected chi connectivity index (χ3v) is 2.58. The summed E-state index contributed by atoms with van der Waals surface area (Å²) in [6.07, 6.45) is 0.